The summed E-state index contributed by atoms with van der Waals surface area (Å²) in [4.78, 5) is 22.2. The van der Waals surface area contributed by atoms with E-state index in [2.05, 4.69) is 15.3 Å². The molecular formula is C18H22N4O3. The number of carboxylic acids is 1. The molecule has 1 aromatic heterocycles. The number of aromatic nitrogens is 2. The van der Waals surface area contributed by atoms with Gasteiger partial charge in [0.25, 0.3) is 0 Å². The van der Waals surface area contributed by atoms with Crippen LogP contribution in [0.15, 0.2) is 30.3 Å². The van der Waals surface area contributed by atoms with E-state index in [0.717, 1.165) is 30.2 Å². The lowest BCUT2D eigenvalue weighted by Crippen LogP contribution is -2.39. The number of nitrogens with zero attached hydrogens (tertiary/aromatic N) is 3. The predicted octanol–water partition coefficient (Wildman–Crippen LogP) is 2.84. The Labute approximate surface area is 146 Å². The zero-order valence-electron chi connectivity index (χ0n) is 14.4. The fourth-order valence-electron chi connectivity index (χ4n) is 3.05. The lowest BCUT2D eigenvalue weighted by Gasteiger charge is -2.31. The van der Waals surface area contributed by atoms with Gasteiger partial charge in [-0.2, -0.15) is 0 Å². The molecule has 1 aliphatic heterocycles. The van der Waals surface area contributed by atoms with Gasteiger partial charge in [0, 0.05) is 19.2 Å². The monoisotopic (exact) mass is 342 g/mol. The number of hydrogen-bond acceptors (Lipinski definition) is 6. The highest BCUT2D eigenvalue weighted by Crippen LogP contribution is 2.28. The molecule has 0 aliphatic carbocycles. The SMILES string of the molecule is COc1ccccc1Nc1cc(N2CCC[C@H](C(=O)O)C2)nc(C)n1. The number of rotatable bonds is 5. The second-order valence-electron chi connectivity index (χ2n) is 6.11. The molecule has 1 aliphatic rings. The fraction of sp³-hybridized carbons (Fsp3) is 0.389. The quantitative estimate of drug-likeness (QED) is 0.864. The lowest BCUT2D eigenvalue weighted by atomic mass is 9.98. The van der Waals surface area contributed by atoms with Gasteiger partial charge in [0.2, 0.25) is 0 Å². The van der Waals surface area contributed by atoms with E-state index in [9.17, 15) is 9.90 Å². The van der Waals surface area contributed by atoms with Crippen molar-refractivity contribution in [2.75, 3.05) is 30.4 Å². The van der Waals surface area contributed by atoms with E-state index in [1.165, 1.54) is 0 Å². The summed E-state index contributed by atoms with van der Waals surface area (Å²) in [5.74, 6) is 1.66. The Balaban J connectivity index is 1.84. The van der Waals surface area contributed by atoms with Crippen molar-refractivity contribution in [3.05, 3.63) is 36.2 Å². The maximum atomic E-state index is 11.3. The van der Waals surface area contributed by atoms with Crippen molar-refractivity contribution in [3.63, 3.8) is 0 Å². The van der Waals surface area contributed by atoms with Crippen LogP contribution in [-0.4, -0.2) is 41.2 Å². The molecule has 3 rings (SSSR count). The van der Waals surface area contributed by atoms with Gasteiger partial charge >= 0.3 is 5.97 Å². The first-order valence-corrected chi connectivity index (χ1v) is 8.30. The van der Waals surface area contributed by atoms with Crippen LogP contribution in [-0.2, 0) is 4.79 Å². The molecule has 2 aromatic rings. The van der Waals surface area contributed by atoms with Crippen LogP contribution >= 0.6 is 0 Å². The van der Waals surface area contributed by atoms with Crippen LogP contribution in [0.4, 0.5) is 17.3 Å². The van der Waals surface area contributed by atoms with E-state index in [1.54, 1.807) is 7.11 Å². The number of para-hydroxylation sites is 2. The van der Waals surface area contributed by atoms with Crippen molar-refractivity contribution < 1.29 is 14.6 Å². The van der Waals surface area contributed by atoms with E-state index in [1.807, 2.05) is 42.2 Å². The predicted molar refractivity (Wildman–Crippen MR) is 95.6 cm³/mol. The van der Waals surface area contributed by atoms with E-state index < -0.39 is 5.97 Å². The first kappa shape index (κ1) is 17.0. The summed E-state index contributed by atoms with van der Waals surface area (Å²) in [6, 6.07) is 9.46. The molecule has 0 radical (unpaired) electrons. The summed E-state index contributed by atoms with van der Waals surface area (Å²) in [7, 11) is 1.62. The Bertz CT molecular complexity index is 766. The number of ether oxygens (including phenoxy) is 1. The molecular weight excluding hydrogens is 320 g/mol. The molecule has 1 saturated heterocycles. The fourth-order valence-corrected chi connectivity index (χ4v) is 3.05. The molecule has 7 nitrogen and oxygen atoms in total. The first-order chi connectivity index (χ1) is 12.1. The van der Waals surface area contributed by atoms with E-state index in [-0.39, 0.29) is 5.92 Å². The van der Waals surface area contributed by atoms with Crippen LogP contribution in [0.1, 0.15) is 18.7 Å². The molecule has 7 heteroatoms. The molecule has 25 heavy (non-hydrogen) atoms. The standard InChI is InChI=1S/C18H22N4O3/c1-12-19-16(21-14-7-3-4-8-15(14)25-2)10-17(20-12)22-9-5-6-13(11-22)18(23)24/h3-4,7-8,10,13H,5-6,9,11H2,1-2H3,(H,23,24)(H,19,20,21)/t13-/m0/s1. The number of anilines is 3. The lowest BCUT2D eigenvalue weighted by molar-refractivity contribution is -0.141. The van der Waals surface area contributed by atoms with E-state index in [0.29, 0.717) is 24.6 Å². The Morgan fingerprint density at radius 2 is 2.16 bits per heavy atom. The molecule has 1 fully saturated rings. The van der Waals surface area contributed by atoms with Gasteiger partial charge in [0.15, 0.2) is 0 Å². The van der Waals surface area contributed by atoms with Crippen molar-refractivity contribution in [3.8, 4) is 5.75 Å². The number of methoxy groups -OCH3 is 1. The summed E-state index contributed by atoms with van der Waals surface area (Å²) in [5, 5.41) is 12.5. The second kappa shape index (κ2) is 7.38. The third-order valence-corrected chi connectivity index (χ3v) is 4.29. The van der Waals surface area contributed by atoms with E-state index in [4.69, 9.17) is 4.74 Å². The minimum absolute atomic E-state index is 0.352. The largest absolute Gasteiger partial charge is 0.495 e. The van der Waals surface area contributed by atoms with Crippen LogP contribution in [0.3, 0.4) is 0 Å². The zero-order chi connectivity index (χ0) is 17.8. The smallest absolute Gasteiger partial charge is 0.308 e. The number of hydrogen-bond donors (Lipinski definition) is 2. The van der Waals surface area contributed by atoms with Crippen molar-refractivity contribution in [1.29, 1.82) is 0 Å². The Morgan fingerprint density at radius 3 is 2.92 bits per heavy atom. The molecule has 0 saturated carbocycles. The molecule has 0 unspecified atom stereocenters. The number of nitrogens with one attached hydrogen (secondary N) is 1. The van der Waals surface area contributed by atoms with Crippen molar-refractivity contribution >= 4 is 23.3 Å². The average molecular weight is 342 g/mol. The maximum Gasteiger partial charge on any atom is 0.308 e. The number of carbonyl (C=O) groups is 1. The first-order valence-electron chi connectivity index (χ1n) is 8.30. The van der Waals surface area contributed by atoms with Crippen molar-refractivity contribution in [2.24, 2.45) is 5.92 Å². The van der Waals surface area contributed by atoms with Gasteiger partial charge in [-0.15, -0.1) is 0 Å². The number of aryl methyl sites for hydroxylation is 1. The average Bonchev–Trinajstić information content (AvgIpc) is 2.62. The van der Waals surface area contributed by atoms with Crippen molar-refractivity contribution in [2.45, 2.75) is 19.8 Å². The normalized spacial score (nSPS) is 17.2. The molecule has 2 heterocycles. The van der Waals surface area contributed by atoms with Gasteiger partial charge in [-0.25, -0.2) is 9.97 Å². The van der Waals surface area contributed by atoms with Gasteiger partial charge in [-0.3, -0.25) is 4.79 Å². The zero-order valence-corrected chi connectivity index (χ0v) is 14.4. The minimum Gasteiger partial charge on any atom is -0.495 e. The molecule has 0 spiro atoms. The highest BCUT2D eigenvalue weighted by molar-refractivity contribution is 5.71. The van der Waals surface area contributed by atoms with Gasteiger partial charge in [-0.05, 0) is 31.9 Å². The van der Waals surface area contributed by atoms with Crippen LogP contribution in [0, 0.1) is 12.8 Å². The summed E-state index contributed by atoms with van der Waals surface area (Å²) in [5.41, 5.74) is 0.816. The molecule has 0 amide bonds. The maximum absolute atomic E-state index is 11.3. The third-order valence-electron chi connectivity index (χ3n) is 4.29. The van der Waals surface area contributed by atoms with Gasteiger partial charge < -0.3 is 20.1 Å². The number of benzene rings is 1. The summed E-state index contributed by atoms with van der Waals surface area (Å²) in [6.45, 7) is 3.10. The Hall–Kier alpha value is -2.83. The highest BCUT2D eigenvalue weighted by Gasteiger charge is 2.26. The summed E-state index contributed by atoms with van der Waals surface area (Å²) >= 11 is 0. The van der Waals surface area contributed by atoms with Crippen LogP contribution in [0.2, 0.25) is 0 Å². The van der Waals surface area contributed by atoms with Crippen LogP contribution < -0.4 is 15.0 Å². The van der Waals surface area contributed by atoms with Gasteiger partial charge in [-0.1, -0.05) is 12.1 Å². The van der Waals surface area contributed by atoms with E-state index >= 15 is 0 Å². The van der Waals surface area contributed by atoms with Crippen molar-refractivity contribution in [1.82, 2.24) is 9.97 Å². The molecule has 132 valence electrons. The molecule has 1 atom stereocenters. The number of carboxylic acid groups (broad SMARTS) is 1. The second-order valence-corrected chi connectivity index (χ2v) is 6.11. The molecule has 1 aromatic carbocycles. The molecule has 0 bridgehead atoms. The Morgan fingerprint density at radius 1 is 1.36 bits per heavy atom. The summed E-state index contributed by atoms with van der Waals surface area (Å²) < 4.78 is 5.35. The van der Waals surface area contributed by atoms with Crippen LogP contribution in [0.25, 0.3) is 0 Å². The van der Waals surface area contributed by atoms with Gasteiger partial charge in [0.05, 0.1) is 18.7 Å². The topological polar surface area (TPSA) is 87.6 Å². The number of aliphatic carboxylic acids is 1. The third kappa shape index (κ3) is 3.99. The minimum atomic E-state index is -0.747. The van der Waals surface area contributed by atoms with Crippen LogP contribution in [0.5, 0.6) is 5.75 Å². The Kier molecular flexibility index (Phi) is 5.02. The van der Waals surface area contributed by atoms with Gasteiger partial charge in [0.1, 0.15) is 23.2 Å². The molecule has 2 N–H and O–H groups in total. The number of piperidine rings is 1. The highest BCUT2D eigenvalue weighted by atomic mass is 16.5. The summed E-state index contributed by atoms with van der Waals surface area (Å²) in [6.07, 6.45) is 1.55.